The quantitative estimate of drug-likeness (QED) is 0.808. The summed E-state index contributed by atoms with van der Waals surface area (Å²) in [4.78, 5) is 12.3. The molecule has 3 rings (SSSR count). The van der Waals surface area contributed by atoms with Gasteiger partial charge in [0, 0.05) is 6.04 Å². The predicted molar refractivity (Wildman–Crippen MR) is 97.2 cm³/mol. The van der Waals surface area contributed by atoms with Gasteiger partial charge in [-0.05, 0) is 36.6 Å². The number of nitrogens with zero attached hydrogens (tertiary/aromatic N) is 1. The average molecular weight is 334 g/mol. The van der Waals surface area contributed by atoms with Crippen molar-refractivity contribution >= 4 is 11.7 Å². The minimum Gasteiger partial charge on any atom is -0.457 e. The molecule has 0 aliphatic heterocycles. The highest BCUT2D eigenvalue weighted by Gasteiger charge is 2.16. The fourth-order valence-electron chi connectivity index (χ4n) is 3.16. The Hall–Kier alpha value is -2.80. The molecule has 25 heavy (non-hydrogen) atoms. The van der Waals surface area contributed by atoms with Crippen LogP contribution in [0.4, 0.5) is 5.69 Å². The molecule has 2 aromatic carbocycles. The molecule has 4 heteroatoms. The smallest absolute Gasteiger partial charge is 0.338 e. The molecule has 0 aromatic heterocycles. The van der Waals surface area contributed by atoms with Gasteiger partial charge in [0.15, 0.2) is 0 Å². The summed E-state index contributed by atoms with van der Waals surface area (Å²) in [6.07, 6.45) is 5.90. The molecule has 0 saturated heterocycles. The minimum atomic E-state index is -0.375. The maximum Gasteiger partial charge on any atom is 0.338 e. The van der Waals surface area contributed by atoms with E-state index < -0.39 is 0 Å². The Morgan fingerprint density at radius 2 is 1.88 bits per heavy atom. The standard InChI is InChI=1S/C21H22N2O2/c22-14-18-12-11-17(13-20(18)23-19-9-5-2-6-10-19)21(24)25-15-16-7-3-1-4-8-16/h1,3-4,7-8,11-13,19,23H,2,5-6,9-10,15H2. The zero-order chi connectivity index (χ0) is 17.5. The van der Waals surface area contributed by atoms with Gasteiger partial charge in [-0.15, -0.1) is 0 Å². The lowest BCUT2D eigenvalue weighted by molar-refractivity contribution is 0.0473. The minimum absolute atomic E-state index is 0.241. The molecule has 0 unspecified atom stereocenters. The molecule has 0 bridgehead atoms. The van der Waals surface area contributed by atoms with Gasteiger partial charge in [0.05, 0.1) is 16.8 Å². The van der Waals surface area contributed by atoms with Crippen LogP contribution in [0.25, 0.3) is 0 Å². The summed E-state index contributed by atoms with van der Waals surface area (Å²) < 4.78 is 5.38. The summed E-state index contributed by atoms with van der Waals surface area (Å²) in [7, 11) is 0. The summed E-state index contributed by atoms with van der Waals surface area (Å²) in [6, 6.07) is 17.2. The number of anilines is 1. The molecular formula is C21H22N2O2. The van der Waals surface area contributed by atoms with Crippen molar-refractivity contribution in [3.05, 3.63) is 65.2 Å². The van der Waals surface area contributed by atoms with E-state index in [4.69, 9.17) is 4.74 Å². The third kappa shape index (κ3) is 4.60. The Labute approximate surface area is 148 Å². The molecule has 1 aliphatic rings. The highest BCUT2D eigenvalue weighted by Crippen LogP contribution is 2.25. The molecule has 1 saturated carbocycles. The molecule has 0 spiro atoms. The van der Waals surface area contributed by atoms with Gasteiger partial charge in [-0.25, -0.2) is 4.79 Å². The summed E-state index contributed by atoms with van der Waals surface area (Å²) in [5, 5.41) is 12.8. The molecule has 1 N–H and O–H groups in total. The number of ether oxygens (including phenoxy) is 1. The van der Waals surface area contributed by atoms with E-state index in [0.29, 0.717) is 17.2 Å². The Morgan fingerprint density at radius 3 is 2.60 bits per heavy atom. The maximum absolute atomic E-state index is 12.3. The predicted octanol–water partition coefficient (Wildman–Crippen LogP) is 4.66. The van der Waals surface area contributed by atoms with Crippen molar-refractivity contribution < 1.29 is 9.53 Å². The molecule has 128 valence electrons. The van der Waals surface area contributed by atoms with Gasteiger partial charge in [0.1, 0.15) is 12.7 Å². The Kier molecular flexibility index (Phi) is 5.69. The second-order valence-electron chi connectivity index (χ2n) is 6.41. The summed E-state index contributed by atoms with van der Waals surface area (Å²) in [5.41, 5.74) is 2.70. The molecule has 0 atom stereocenters. The molecule has 4 nitrogen and oxygen atoms in total. The van der Waals surface area contributed by atoms with Gasteiger partial charge in [-0.1, -0.05) is 49.6 Å². The number of nitriles is 1. The number of hydrogen-bond acceptors (Lipinski definition) is 4. The van der Waals surface area contributed by atoms with E-state index in [1.165, 1.54) is 19.3 Å². The number of esters is 1. The maximum atomic E-state index is 12.3. The lowest BCUT2D eigenvalue weighted by Crippen LogP contribution is -2.23. The van der Waals surface area contributed by atoms with E-state index in [1.807, 2.05) is 30.3 Å². The fourth-order valence-corrected chi connectivity index (χ4v) is 3.16. The number of nitrogens with one attached hydrogen (secondary N) is 1. The molecule has 1 fully saturated rings. The van der Waals surface area contributed by atoms with Crippen LogP contribution in [0.5, 0.6) is 0 Å². The topological polar surface area (TPSA) is 62.1 Å². The number of carbonyl (C=O) groups excluding carboxylic acids is 1. The van der Waals surface area contributed by atoms with Crippen LogP contribution in [0, 0.1) is 11.3 Å². The van der Waals surface area contributed by atoms with Crippen LogP contribution >= 0.6 is 0 Å². The van der Waals surface area contributed by atoms with Crippen molar-refractivity contribution in [1.29, 1.82) is 5.26 Å². The van der Waals surface area contributed by atoms with Crippen LogP contribution in [0.15, 0.2) is 48.5 Å². The van der Waals surface area contributed by atoms with Crippen LogP contribution in [0.3, 0.4) is 0 Å². The van der Waals surface area contributed by atoms with Crippen molar-refractivity contribution in [3.8, 4) is 6.07 Å². The SMILES string of the molecule is N#Cc1ccc(C(=O)OCc2ccccc2)cc1NC1CCCCC1. The van der Waals surface area contributed by atoms with Crippen LogP contribution in [0.2, 0.25) is 0 Å². The molecule has 0 amide bonds. The van der Waals surface area contributed by atoms with Crippen LogP contribution in [-0.2, 0) is 11.3 Å². The van der Waals surface area contributed by atoms with Crippen LogP contribution < -0.4 is 5.32 Å². The van der Waals surface area contributed by atoms with Crippen molar-refractivity contribution in [2.45, 2.75) is 44.8 Å². The van der Waals surface area contributed by atoms with Crippen molar-refractivity contribution in [2.75, 3.05) is 5.32 Å². The van der Waals surface area contributed by atoms with Gasteiger partial charge >= 0.3 is 5.97 Å². The zero-order valence-corrected chi connectivity index (χ0v) is 14.2. The number of rotatable bonds is 5. The Balaban J connectivity index is 1.69. The lowest BCUT2D eigenvalue weighted by atomic mass is 9.95. The average Bonchev–Trinajstić information content (AvgIpc) is 2.67. The first-order valence-corrected chi connectivity index (χ1v) is 8.78. The number of benzene rings is 2. The second-order valence-corrected chi connectivity index (χ2v) is 6.41. The van der Waals surface area contributed by atoms with Gasteiger partial charge in [-0.2, -0.15) is 5.26 Å². The zero-order valence-electron chi connectivity index (χ0n) is 14.2. The first kappa shape index (κ1) is 17.0. The second kappa shape index (κ2) is 8.34. The molecule has 1 aliphatic carbocycles. The van der Waals surface area contributed by atoms with E-state index in [9.17, 15) is 10.1 Å². The van der Waals surface area contributed by atoms with Crippen LogP contribution in [0.1, 0.15) is 53.6 Å². The summed E-state index contributed by atoms with van der Waals surface area (Å²) in [5.74, 6) is -0.375. The lowest BCUT2D eigenvalue weighted by Gasteiger charge is -2.24. The van der Waals surface area contributed by atoms with Gasteiger partial charge in [0.25, 0.3) is 0 Å². The largest absolute Gasteiger partial charge is 0.457 e. The molecule has 2 aromatic rings. The Morgan fingerprint density at radius 1 is 1.12 bits per heavy atom. The van der Waals surface area contributed by atoms with E-state index >= 15 is 0 Å². The van der Waals surface area contributed by atoms with Gasteiger partial charge in [0.2, 0.25) is 0 Å². The summed E-state index contributed by atoms with van der Waals surface area (Å²) >= 11 is 0. The normalized spacial score (nSPS) is 14.5. The van der Waals surface area contributed by atoms with Gasteiger partial charge in [-0.3, -0.25) is 0 Å². The Bertz CT molecular complexity index is 759. The van der Waals surface area contributed by atoms with E-state index in [2.05, 4.69) is 11.4 Å². The third-order valence-electron chi connectivity index (χ3n) is 4.55. The molecule has 0 radical (unpaired) electrons. The summed E-state index contributed by atoms with van der Waals surface area (Å²) in [6.45, 7) is 0.241. The van der Waals surface area contributed by atoms with E-state index in [-0.39, 0.29) is 12.6 Å². The molecule has 0 heterocycles. The van der Waals surface area contributed by atoms with E-state index in [0.717, 1.165) is 24.1 Å². The van der Waals surface area contributed by atoms with Crippen LogP contribution in [-0.4, -0.2) is 12.0 Å². The fraction of sp³-hybridized carbons (Fsp3) is 0.333. The van der Waals surface area contributed by atoms with Crippen molar-refractivity contribution in [3.63, 3.8) is 0 Å². The van der Waals surface area contributed by atoms with Gasteiger partial charge < -0.3 is 10.1 Å². The molecular weight excluding hydrogens is 312 g/mol. The van der Waals surface area contributed by atoms with E-state index in [1.54, 1.807) is 18.2 Å². The number of carbonyl (C=O) groups is 1. The third-order valence-corrected chi connectivity index (χ3v) is 4.55. The monoisotopic (exact) mass is 334 g/mol. The highest BCUT2D eigenvalue weighted by atomic mass is 16.5. The van der Waals surface area contributed by atoms with Crippen molar-refractivity contribution in [1.82, 2.24) is 0 Å². The first-order chi connectivity index (χ1) is 12.3. The first-order valence-electron chi connectivity index (χ1n) is 8.78. The highest BCUT2D eigenvalue weighted by molar-refractivity contribution is 5.91. The van der Waals surface area contributed by atoms with Crippen molar-refractivity contribution in [2.24, 2.45) is 0 Å². The number of hydrogen-bond donors (Lipinski definition) is 1.